The number of hydrogen-bond donors (Lipinski definition) is 2. The van der Waals surface area contributed by atoms with Crippen LogP contribution >= 0.6 is 11.3 Å². The second-order valence-electron chi connectivity index (χ2n) is 7.07. The van der Waals surface area contributed by atoms with Crippen molar-refractivity contribution in [3.63, 3.8) is 0 Å². The van der Waals surface area contributed by atoms with E-state index in [4.69, 9.17) is 9.47 Å². The number of ether oxygens (including phenoxy) is 2. The number of carbonyl (C=O) groups is 2. The van der Waals surface area contributed by atoms with Crippen molar-refractivity contribution in [2.75, 3.05) is 12.1 Å². The van der Waals surface area contributed by atoms with Gasteiger partial charge in [0.1, 0.15) is 0 Å². The normalized spacial score (nSPS) is 12.5. The standard InChI is InChI=1S/C23H21N3O4S/c1-13-15(3)31-11-19(13)23(28)26-25-14(2)16-4-7-18(8-5-16)24-22(27)17-6-9-20-21(10-17)30-12-29-20/h4-11H,12H2,1-3H3,(H,24,27)(H,26,28). The third-order valence-electron chi connectivity index (χ3n) is 5.05. The van der Waals surface area contributed by atoms with Gasteiger partial charge < -0.3 is 14.8 Å². The molecule has 0 fully saturated rings. The molecular formula is C23H21N3O4S. The van der Waals surface area contributed by atoms with Gasteiger partial charge in [0.25, 0.3) is 11.8 Å². The van der Waals surface area contributed by atoms with E-state index in [1.54, 1.807) is 41.7 Å². The second kappa shape index (κ2) is 8.61. The molecule has 0 bridgehead atoms. The number of aryl methyl sites for hydroxylation is 1. The van der Waals surface area contributed by atoms with E-state index in [-0.39, 0.29) is 18.6 Å². The number of benzene rings is 2. The number of carbonyl (C=O) groups excluding carboxylic acids is 2. The predicted octanol–water partition coefficient (Wildman–Crippen LogP) is 4.50. The van der Waals surface area contributed by atoms with Crippen molar-refractivity contribution in [2.24, 2.45) is 5.10 Å². The molecule has 0 spiro atoms. The Bertz CT molecular complexity index is 1180. The van der Waals surface area contributed by atoms with E-state index in [2.05, 4.69) is 15.8 Å². The molecular weight excluding hydrogens is 414 g/mol. The summed E-state index contributed by atoms with van der Waals surface area (Å²) in [6, 6.07) is 12.3. The lowest BCUT2D eigenvalue weighted by Gasteiger charge is -2.08. The highest BCUT2D eigenvalue weighted by atomic mass is 32.1. The molecule has 0 saturated carbocycles. The number of hydrogen-bond acceptors (Lipinski definition) is 6. The van der Waals surface area contributed by atoms with Gasteiger partial charge >= 0.3 is 0 Å². The van der Waals surface area contributed by atoms with Crippen molar-refractivity contribution in [1.29, 1.82) is 0 Å². The first-order valence-corrected chi connectivity index (χ1v) is 10.5. The van der Waals surface area contributed by atoms with Gasteiger partial charge in [-0.3, -0.25) is 9.59 Å². The van der Waals surface area contributed by atoms with Gasteiger partial charge in [0.15, 0.2) is 11.5 Å². The van der Waals surface area contributed by atoms with Crippen LogP contribution in [0.5, 0.6) is 11.5 Å². The van der Waals surface area contributed by atoms with Crippen LogP contribution in [0, 0.1) is 13.8 Å². The molecule has 1 aliphatic heterocycles. The highest BCUT2D eigenvalue weighted by Crippen LogP contribution is 2.32. The number of anilines is 1. The van der Waals surface area contributed by atoms with Crippen LogP contribution in [0.15, 0.2) is 52.9 Å². The molecule has 3 aromatic rings. The van der Waals surface area contributed by atoms with Gasteiger partial charge in [0, 0.05) is 21.5 Å². The first-order chi connectivity index (χ1) is 14.9. The van der Waals surface area contributed by atoms with Crippen molar-refractivity contribution in [2.45, 2.75) is 20.8 Å². The van der Waals surface area contributed by atoms with Gasteiger partial charge in [-0.15, -0.1) is 11.3 Å². The van der Waals surface area contributed by atoms with E-state index in [0.29, 0.717) is 34.0 Å². The molecule has 1 aromatic heterocycles. The fraction of sp³-hybridized carbons (Fsp3) is 0.174. The van der Waals surface area contributed by atoms with Crippen LogP contribution in [0.4, 0.5) is 5.69 Å². The van der Waals surface area contributed by atoms with Crippen LogP contribution in [0.25, 0.3) is 0 Å². The maximum atomic E-state index is 12.5. The zero-order valence-electron chi connectivity index (χ0n) is 17.3. The summed E-state index contributed by atoms with van der Waals surface area (Å²) in [6.45, 7) is 5.88. The lowest BCUT2D eigenvalue weighted by molar-refractivity contribution is 0.0953. The first kappa shape index (κ1) is 20.6. The lowest BCUT2D eigenvalue weighted by atomic mass is 10.1. The maximum Gasteiger partial charge on any atom is 0.272 e. The fourth-order valence-electron chi connectivity index (χ4n) is 3.03. The van der Waals surface area contributed by atoms with Crippen molar-refractivity contribution >= 4 is 34.6 Å². The summed E-state index contributed by atoms with van der Waals surface area (Å²) >= 11 is 1.54. The Morgan fingerprint density at radius 2 is 1.68 bits per heavy atom. The van der Waals surface area contributed by atoms with E-state index >= 15 is 0 Å². The number of nitrogens with one attached hydrogen (secondary N) is 2. The largest absolute Gasteiger partial charge is 0.454 e. The molecule has 0 unspecified atom stereocenters. The minimum atomic E-state index is -0.245. The molecule has 7 nitrogen and oxygen atoms in total. The number of hydrazone groups is 1. The Balaban J connectivity index is 1.39. The molecule has 1 aliphatic rings. The quantitative estimate of drug-likeness (QED) is 0.456. The molecule has 158 valence electrons. The summed E-state index contributed by atoms with van der Waals surface area (Å²) in [4.78, 5) is 25.9. The van der Waals surface area contributed by atoms with Crippen LogP contribution in [0.2, 0.25) is 0 Å². The van der Waals surface area contributed by atoms with E-state index in [1.165, 1.54) is 0 Å². The third-order valence-corrected chi connectivity index (χ3v) is 6.06. The summed E-state index contributed by atoms with van der Waals surface area (Å²) in [5, 5.41) is 8.89. The second-order valence-corrected chi connectivity index (χ2v) is 8.15. The number of rotatable bonds is 5. The van der Waals surface area contributed by atoms with Gasteiger partial charge in [-0.25, -0.2) is 5.43 Å². The van der Waals surface area contributed by atoms with E-state index in [0.717, 1.165) is 16.0 Å². The van der Waals surface area contributed by atoms with Gasteiger partial charge in [-0.05, 0) is 62.2 Å². The molecule has 0 radical (unpaired) electrons. The molecule has 2 heterocycles. The Kier molecular flexibility index (Phi) is 5.73. The minimum absolute atomic E-state index is 0.162. The molecule has 31 heavy (non-hydrogen) atoms. The van der Waals surface area contributed by atoms with Gasteiger partial charge in [-0.2, -0.15) is 5.10 Å². The van der Waals surface area contributed by atoms with Crippen LogP contribution < -0.4 is 20.2 Å². The number of thiophene rings is 1. The highest BCUT2D eigenvalue weighted by molar-refractivity contribution is 7.10. The smallest absolute Gasteiger partial charge is 0.272 e. The average Bonchev–Trinajstić information content (AvgIpc) is 3.38. The van der Waals surface area contributed by atoms with E-state index < -0.39 is 0 Å². The Morgan fingerprint density at radius 3 is 2.39 bits per heavy atom. The zero-order valence-corrected chi connectivity index (χ0v) is 18.1. The molecule has 0 saturated heterocycles. The lowest BCUT2D eigenvalue weighted by Crippen LogP contribution is -2.19. The molecule has 8 heteroatoms. The maximum absolute atomic E-state index is 12.5. The van der Waals surface area contributed by atoms with Crippen LogP contribution in [0.1, 0.15) is 43.6 Å². The van der Waals surface area contributed by atoms with Crippen molar-refractivity contribution in [1.82, 2.24) is 5.43 Å². The Morgan fingerprint density at radius 1 is 0.968 bits per heavy atom. The van der Waals surface area contributed by atoms with Crippen molar-refractivity contribution in [3.8, 4) is 11.5 Å². The van der Waals surface area contributed by atoms with Crippen LogP contribution in [0.3, 0.4) is 0 Å². The first-order valence-electron chi connectivity index (χ1n) is 9.63. The predicted molar refractivity (Wildman–Crippen MR) is 120 cm³/mol. The molecule has 4 rings (SSSR count). The van der Waals surface area contributed by atoms with Crippen molar-refractivity contribution < 1.29 is 19.1 Å². The van der Waals surface area contributed by atoms with E-state index in [1.807, 2.05) is 38.3 Å². The Labute approximate surface area is 183 Å². The monoisotopic (exact) mass is 435 g/mol. The fourth-order valence-corrected chi connectivity index (χ4v) is 3.90. The Hall–Kier alpha value is -3.65. The number of nitrogens with zero attached hydrogens (tertiary/aromatic N) is 1. The van der Waals surface area contributed by atoms with E-state index in [9.17, 15) is 9.59 Å². The molecule has 2 aromatic carbocycles. The summed E-state index contributed by atoms with van der Waals surface area (Å²) in [5.74, 6) is 0.718. The minimum Gasteiger partial charge on any atom is -0.454 e. The molecule has 0 aliphatic carbocycles. The average molecular weight is 436 g/mol. The molecule has 2 N–H and O–H groups in total. The SMILES string of the molecule is CC(=NNC(=O)c1csc(C)c1C)c1ccc(NC(=O)c2ccc3c(c2)OCO3)cc1. The van der Waals surface area contributed by atoms with Crippen LogP contribution in [-0.2, 0) is 0 Å². The topological polar surface area (TPSA) is 89.0 Å². The van der Waals surface area contributed by atoms with Gasteiger partial charge in [0.05, 0.1) is 11.3 Å². The summed E-state index contributed by atoms with van der Waals surface area (Å²) < 4.78 is 10.6. The number of amides is 2. The third kappa shape index (κ3) is 4.44. The van der Waals surface area contributed by atoms with Crippen molar-refractivity contribution in [3.05, 3.63) is 75.0 Å². The number of fused-ring (bicyclic) bond motifs is 1. The van der Waals surface area contributed by atoms with Gasteiger partial charge in [0.2, 0.25) is 6.79 Å². The molecule has 2 amide bonds. The summed E-state index contributed by atoms with van der Waals surface area (Å²) in [6.07, 6.45) is 0. The summed E-state index contributed by atoms with van der Waals surface area (Å²) in [5.41, 5.74) is 6.83. The summed E-state index contributed by atoms with van der Waals surface area (Å²) in [7, 11) is 0. The molecule has 0 atom stereocenters. The van der Waals surface area contributed by atoms with Gasteiger partial charge in [-0.1, -0.05) is 12.1 Å². The van der Waals surface area contributed by atoms with Crippen LogP contribution in [-0.4, -0.2) is 24.3 Å². The zero-order chi connectivity index (χ0) is 22.0. The highest BCUT2D eigenvalue weighted by Gasteiger charge is 2.16.